The average Bonchev–Trinajstić information content (AvgIpc) is 2.60. The van der Waals surface area contributed by atoms with E-state index in [-0.39, 0.29) is 12.5 Å². The second-order valence-electron chi connectivity index (χ2n) is 5.78. The Morgan fingerprint density at radius 2 is 1.93 bits per heavy atom. The summed E-state index contributed by atoms with van der Waals surface area (Å²) in [4.78, 5) is 12.2. The summed E-state index contributed by atoms with van der Waals surface area (Å²) < 4.78 is 25.9. The molecule has 0 aliphatic heterocycles. The third kappa shape index (κ3) is 7.73. The number of halogens is 2. The Bertz CT molecular complexity index is 876. The predicted molar refractivity (Wildman–Crippen MR) is 117 cm³/mol. The number of nitrogens with one attached hydrogen (secondary N) is 1. The molecule has 146 valence electrons. The van der Waals surface area contributed by atoms with Crippen molar-refractivity contribution in [1.82, 2.24) is 5.32 Å². The Labute approximate surface area is 177 Å². The number of rotatable bonds is 9. The predicted octanol–water partition coefficient (Wildman–Crippen LogP) is 3.92. The van der Waals surface area contributed by atoms with Crippen LogP contribution in [0.2, 0.25) is 5.02 Å². The molecule has 0 saturated carbocycles. The number of benzene rings is 2. The second kappa shape index (κ2) is 10.4. The van der Waals surface area contributed by atoms with Crippen molar-refractivity contribution < 1.29 is 13.2 Å². The minimum Gasteiger partial charge on any atom is -0.354 e. The van der Waals surface area contributed by atoms with Crippen molar-refractivity contribution in [3.05, 3.63) is 63.6 Å². The van der Waals surface area contributed by atoms with Crippen LogP contribution in [0.5, 0.6) is 0 Å². The van der Waals surface area contributed by atoms with Crippen LogP contribution in [0, 0.1) is 0 Å². The normalized spacial score (nSPS) is 11.2. The van der Waals surface area contributed by atoms with Gasteiger partial charge in [-0.25, -0.2) is 8.42 Å². The topological polar surface area (TPSA) is 66.5 Å². The van der Waals surface area contributed by atoms with Gasteiger partial charge in [-0.15, -0.1) is 0 Å². The van der Waals surface area contributed by atoms with Crippen molar-refractivity contribution in [1.29, 1.82) is 0 Å². The van der Waals surface area contributed by atoms with Gasteiger partial charge in [0.15, 0.2) is 0 Å². The fraction of sp³-hybridized carbons (Fsp3) is 0.278. The molecule has 27 heavy (non-hydrogen) atoms. The summed E-state index contributed by atoms with van der Waals surface area (Å²) >= 11 is 10.8. The highest BCUT2D eigenvalue weighted by atomic mass is 79.9. The van der Waals surface area contributed by atoms with Gasteiger partial charge in [0.2, 0.25) is 15.9 Å². The average molecular weight is 492 g/mol. The highest BCUT2D eigenvalue weighted by Gasteiger charge is 2.20. The Hall–Kier alpha value is -1.22. The van der Waals surface area contributed by atoms with Crippen LogP contribution in [0.4, 0.5) is 5.69 Å². The summed E-state index contributed by atoms with van der Waals surface area (Å²) in [6.07, 6.45) is 1.09. The molecule has 0 saturated heterocycles. The van der Waals surface area contributed by atoms with E-state index in [0.717, 1.165) is 32.1 Å². The molecule has 0 aliphatic carbocycles. The number of anilines is 1. The molecule has 0 fully saturated rings. The van der Waals surface area contributed by atoms with Gasteiger partial charge in [0.05, 0.1) is 11.9 Å². The van der Waals surface area contributed by atoms with E-state index in [2.05, 4.69) is 21.2 Å². The highest BCUT2D eigenvalue weighted by Crippen LogP contribution is 2.22. The zero-order valence-corrected chi connectivity index (χ0v) is 18.7. The second-order valence-corrected chi connectivity index (χ2v) is 10.1. The molecule has 2 rings (SSSR count). The standard InChI is InChI=1S/C18H20BrClN2O3S2/c1-27(24,25)22(17-4-2-3-15(19)11-17)12-18(23)21-9-10-26-13-14-5-7-16(20)8-6-14/h2-8,11H,9-10,12-13H2,1H3,(H,21,23). The van der Waals surface area contributed by atoms with Gasteiger partial charge in [0.25, 0.3) is 0 Å². The van der Waals surface area contributed by atoms with E-state index < -0.39 is 10.0 Å². The Balaban J connectivity index is 1.81. The van der Waals surface area contributed by atoms with E-state index in [1.807, 2.05) is 24.3 Å². The molecule has 2 aromatic carbocycles. The molecule has 0 aliphatic rings. The van der Waals surface area contributed by atoms with Crippen molar-refractivity contribution in [2.45, 2.75) is 5.75 Å². The van der Waals surface area contributed by atoms with Gasteiger partial charge in [-0.2, -0.15) is 11.8 Å². The number of carbonyl (C=O) groups excluding carboxylic acids is 1. The van der Waals surface area contributed by atoms with Crippen molar-refractivity contribution in [3.63, 3.8) is 0 Å². The minimum atomic E-state index is -3.57. The van der Waals surface area contributed by atoms with Gasteiger partial charge in [0, 0.05) is 27.5 Å². The fourth-order valence-corrected chi connectivity index (χ4v) is 4.43. The maximum absolute atomic E-state index is 12.2. The lowest BCUT2D eigenvalue weighted by Crippen LogP contribution is -2.41. The Morgan fingerprint density at radius 3 is 2.56 bits per heavy atom. The Morgan fingerprint density at radius 1 is 1.22 bits per heavy atom. The molecule has 0 bridgehead atoms. The lowest BCUT2D eigenvalue weighted by Gasteiger charge is -2.22. The highest BCUT2D eigenvalue weighted by molar-refractivity contribution is 9.10. The number of thioether (sulfide) groups is 1. The first-order valence-electron chi connectivity index (χ1n) is 8.08. The SMILES string of the molecule is CS(=O)(=O)N(CC(=O)NCCSCc1ccc(Cl)cc1)c1cccc(Br)c1. The van der Waals surface area contributed by atoms with Crippen molar-refractivity contribution in [2.24, 2.45) is 0 Å². The first-order chi connectivity index (χ1) is 12.8. The fourth-order valence-electron chi connectivity index (χ4n) is 2.25. The van der Waals surface area contributed by atoms with Crippen LogP contribution in [0.1, 0.15) is 5.56 Å². The molecule has 0 aromatic heterocycles. The summed E-state index contributed by atoms with van der Waals surface area (Å²) in [6.45, 7) is 0.213. The molecule has 0 unspecified atom stereocenters. The summed E-state index contributed by atoms with van der Waals surface area (Å²) in [5.74, 6) is 1.21. The van der Waals surface area contributed by atoms with E-state index in [9.17, 15) is 13.2 Å². The van der Waals surface area contributed by atoms with Crippen LogP contribution >= 0.6 is 39.3 Å². The van der Waals surface area contributed by atoms with Crippen LogP contribution in [0.25, 0.3) is 0 Å². The quantitative estimate of drug-likeness (QED) is 0.540. The maximum Gasteiger partial charge on any atom is 0.240 e. The molecule has 1 N–H and O–H groups in total. The van der Waals surface area contributed by atoms with Gasteiger partial charge >= 0.3 is 0 Å². The van der Waals surface area contributed by atoms with E-state index in [0.29, 0.717) is 17.3 Å². The zero-order valence-electron chi connectivity index (χ0n) is 14.7. The molecule has 2 aromatic rings. The zero-order chi connectivity index (χ0) is 19.9. The van der Waals surface area contributed by atoms with Crippen LogP contribution in [0.3, 0.4) is 0 Å². The van der Waals surface area contributed by atoms with Crippen molar-refractivity contribution in [3.8, 4) is 0 Å². The summed E-state index contributed by atoms with van der Waals surface area (Å²) in [7, 11) is -3.57. The maximum atomic E-state index is 12.2. The van der Waals surface area contributed by atoms with Crippen molar-refractivity contribution >= 4 is 60.9 Å². The minimum absolute atomic E-state index is 0.253. The van der Waals surface area contributed by atoms with E-state index in [1.165, 1.54) is 0 Å². The molecular weight excluding hydrogens is 472 g/mol. The first kappa shape index (κ1) is 22.1. The molecule has 0 spiro atoms. The van der Waals surface area contributed by atoms with Crippen LogP contribution < -0.4 is 9.62 Å². The van der Waals surface area contributed by atoms with Gasteiger partial charge in [-0.05, 0) is 35.9 Å². The monoisotopic (exact) mass is 490 g/mol. The molecular formula is C18H20BrClN2O3S2. The lowest BCUT2D eigenvalue weighted by atomic mass is 10.2. The van der Waals surface area contributed by atoms with Gasteiger partial charge < -0.3 is 5.32 Å². The summed E-state index contributed by atoms with van der Waals surface area (Å²) in [6, 6.07) is 14.5. The molecule has 1 amide bonds. The lowest BCUT2D eigenvalue weighted by molar-refractivity contribution is -0.119. The molecule has 5 nitrogen and oxygen atoms in total. The van der Waals surface area contributed by atoms with E-state index >= 15 is 0 Å². The third-order valence-electron chi connectivity index (χ3n) is 3.53. The van der Waals surface area contributed by atoms with Gasteiger partial charge in [-0.1, -0.05) is 45.7 Å². The number of amides is 1. The number of carbonyl (C=O) groups is 1. The number of hydrogen-bond acceptors (Lipinski definition) is 4. The first-order valence-corrected chi connectivity index (χ1v) is 12.3. The third-order valence-corrected chi connectivity index (χ3v) is 6.45. The smallest absolute Gasteiger partial charge is 0.240 e. The van der Waals surface area contributed by atoms with Gasteiger partial charge in [0.1, 0.15) is 6.54 Å². The van der Waals surface area contributed by atoms with E-state index in [1.54, 1.807) is 36.0 Å². The van der Waals surface area contributed by atoms with Crippen LogP contribution in [0.15, 0.2) is 53.0 Å². The Kier molecular flexibility index (Phi) is 8.47. The largest absolute Gasteiger partial charge is 0.354 e. The number of nitrogens with zero attached hydrogens (tertiary/aromatic N) is 1. The van der Waals surface area contributed by atoms with Gasteiger partial charge in [-0.3, -0.25) is 9.10 Å². The molecule has 0 atom stereocenters. The molecule has 0 heterocycles. The summed E-state index contributed by atoms with van der Waals surface area (Å²) in [5, 5.41) is 3.47. The van der Waals surface area contributed by atoms with Crippen LogP contribution in [-0.4, -0.2) is 39.4 Å². The van der Waals surface area contributed by atoms with Crippen molar-refractivity contribution in [2.75, 3.05) is 29.4 Å². The number of hydrogen-bond donors (Lipinski definition) is 1. The summed E-state index contributed by atoms with van der Waals surface area (Å²) in [5.41, 5.74) is 1.60. The van der Waals surface area contributed by atoms with E-state index in [4.69, 9.17) is 11.6 Å². The molecule has 0 radical (unpaired) electrons. The molecule has 9 heteroatoms. The number of sulfonamides is 1. The van der Waals surface area contributed by atoms with Crippen LogP contribution in [-0.2, 0) is 20.6 Å².